The summed E-state index contributed by atoms with van der Waals surface area (Å²) in [5.41, 5.74) is 7.66. The van der Waals surface area contributed by atoms with Crippen molar-refractivity contribution in [1.29, 1.82) is 0 Å². The standard InChI is InChI=1S/C10H15NO2/c1-13-7-10(11)9-5-3-2-4-8(9)6-12/h2-5,10,12H,6-7,11H2,1H3. The molecule has 3 nitrogen and oxygen atoms in total. The first-order valence-electron chi connectivity index (χ1n) is 4.22. The SMILES string of the molecule is COCC(N)c1ccccc1CO. The average molecular weight is 181 g/mol. The number of ether oxygens (including phenoxy) is 1. The number of aliphatic hydroxyl groups excluding tert-OH is 1. The molecule has 0 aliphatic carbocycles. The van der Waals surface area contributed by atoms with Gasteiger partial charge in [0.05, 0.1) is 19.3 Å². The Balaban J connectivity index is 2.85. The smallest absolute Gasteiger partial charge is 0.0685 e. The zero-order valence-electron chi connectivity index (χ0n) is 7.73. The summed E-state index contributed by atoms with van der Waals surface area (Å²) in [7, 11) is 1.61. The van der Waals surface area contributed by atoms with Crippen LogP contribution in [0.25, 0.3) is 0 Å². The second-order valence-electron chi connectivity index (χ2n) is 2.92. The Morgan fingerprint density at radius 1 is 1.46 bits per heavy atom. The van der Waals surface area contributed by atoms with E-state index in [-0.39, 0.29) is 12.6 Å². The predicted octanol–water partition coefficient (Wildman–Crippen LogP) is 0.825. The third kappa shape index (κ3) is 2.52. The maximum Gasteiger partial charge on any atom is 0.0685 e. The lowest BCUT2D eigenvalue weighted by Gasteiger charge is -2.14. The Morgan fingerprint density at radius 3 is 2.77 bits per heavy atom. The molecule has 0 bridgehead atoms. The van der Waals surface area contributed by atoms with Crippen molar-refractivity contribution >= 4 is 0 Å². The maximum absolute atomic E-state index is 9.04. The van der Waals surface area contributed by atoms with Gasteiger partial charge in [0.15, 0.2) is 0 Å². The number of hydrogen-bond acceptors (Lipinski definition) is 3. The first kappa shape index (κ1) is 10.2. The molecule has 0 saturated heterocycles. The van der Waals surface area contributed by atoms with E-state index in [0.29, 0.717) is 6.61 Å². The van der Waals surface area contributed by atoms with E-state index in [1.165, 1.54) is 0 Å². The summed E-state index contributed by atoms with van der Waals surface area (Å²) >= 11 is 0. The van der Waals surface area contributed by atoms with E-state index in [0.717, 1.165) is 11.1 Å². The summed E-state index contributed by atoms with van der Waals surface area (Å²) in [6, 6.07) is 7.41. The third-order valence-electron chi connectivity index (χ3n) is 1.97. The van der Waals surface area contributed by atoms with Gasteiger partial charge in [-0.25, -0.2) is 0 Å². The second kappa shape index (κ2) is 4.97. The molecule has 0 radical (unpaired) electrons. The van der Waals surface area contributed by atoms with Crippen LogP contribution < -0.4 is 5.73 Å². The van der Waals surface area contributed by atoms with Gasteiger partial charge in [0.2, 0.25) is 0 Å². The molecular weight excluding hydrogens is 166 g/mol. The molecule has 3 N–H and O–H groups in total. The zero-order chi connectivity index (χ0) is 9.68. The molecule has 1 aromatic rings. The second-order valence-corrected chi connectivity index (χ2v) is 2.92. The number of nitrogens with two attached hydrogens (primary N) is 1. The quantitative estimate of drug-likeness (QED) is 0.723. The molecule has 0 amide bonds. The molecule has 1 atom stereocenters. The summed E-state index contributed by atoms with van der Waals surface area (Å²) in [6.45, 7) is 0.491. The summed E-state index contributed by atoms with van der Waals surface area (Å²) in [5.74, 6) is 0. The van der Waals surface area contributed by atoms with Gasteiger partial charge >= 0.3 is 0 Å². The fourth-order valence-corrected chi connectivity index (χ4v) is 1.31. The van der Waals surface area contributed by atoms with Gasteiger partial charge in [-0.15, -0.1) is 0 Å². The van der Waals surface area contributed by atoms with Crippen LogP contribution in [0.4, 0.5) is 0 Å². The van der Waals surface area contributed by atoms with Crippen LogP contribution in [0.3, 0.4) is 0 Å². The maximum atomic E-state index is 9.04. The molecule has 0 aliphatic heterocycles. The van der Waals surface area contributed by atoms with Gasteiger partial charge in [-0.1, -0.05) is 24.3 Å². The van der Waals surface area contributed by atoms with Crippen LogP contribution in [0, 0.1) is 0 Å². The normalized spacial score (nSPS) is 12.8. The van der Waals surface area contributed by atoms with Crippen molar-refractivity contribution in [2.75, 3.05) is 13.7 Å². The zero-order valence-corrected chi connectivity index (χ0v) is 7.73. The number of methoxy groups -OCH3 is 1. The molecule has 1 unspecified atom stereocenters. The first-order valence-corrected chi connectivity index (χ1v) is 4.22. The highest BCUT2D eigenvalue weighted by Crippen LogP contribution is 2.15. The van der Waals surface area contributed by atoms with Gasteiger partial charge in [-0.05, 0) is 11.1 Å². The minimum Gasteiger partial charge on any atom is -0.392 e. The molecule has 72 valence electrons. The fourth-order valence-electron chi connectivity index (χ4n) is 1.31. The van der Waals surface area contributed by atoms with Crippen LogP contribution in [-0.4, -0.2) is 18.8 Å². The number of benzene rings is 1. The first-order chi connectivity index (χ1) is 6.29. The lowest BCUT2D eigenvalue weighted by molar-refractivity contribution is 0.179. The van der Waals surface area contributed by atoms with Gasteiger partial charge in [-0.2, -0.15) is 0 Å². The average Bonchev–Trinajstić information content (AvgIpc) is 2.18. The van der Waals surface area contributed by atoms with E-state index in [1.54, 1.807) is 7.11 Å². The van der Waals surface area contributed by atoms with Crippen LogP contribution in [-0.2, 0) is 11.3 Å². The number of hydrogen-bond donors (Lipinski definition) is 2. The fraction of sp³-hybridized carbons (Fsp3) is 0.400. The molecule has 1 rings (SSSR count). The van der Waals surface area contributed by atoms with Gasteiger partial charge in [-0.3, -0.25) is 0 Å². The highest BCUT2D eigenvalue weighted by molar-refractivity contribution is 5.29. The topological polar surface area (TPSA) is 55.5 Å². The van der Waals surface area contributed by atoms with Gasteiger partial charge in [0.25, 0.3) is 0 Å². The van der Waals surface area contributed by atoms with Crippen molar-refractivity contribution in [1.82, 2.24) is 0 Å². The Morgan fingerprint density at radius 2 is 2.15 bits per heavy atom. The van der Waals surface area contributed by atoms with Crippen molar-refractivity contribution in [2.24, 2.45) is 5.73 Å². The summed E-state index contributed by atoms with van der Waals surface area (Å²) in [4.78, 5) is 0. The van der Waals surface area contributed by atoms with E-state index in [9.17, 15) is 0 Å². The highest BCUT2D eigenvalue weighted by atomic mass is 16.5. The van der Waals surface area contributed by atoms with Crippen molar-refractivity contribution in [2.45, 2.75) is 12.6 Å². The molecule has 0 saturated carbocycles. The highest BCUT2D eigenvalue weighted by Gasteiger charge is 2.08. The van der Waals surface area contributed by atoms with E-state index in [2.05, 4.69) is 0 Å². The van der Waals surface area contributed by atoms with Crippen molar-refractivity contribution in [3.63, 3.8) is 0 Å². The van der Waals surface area contributed by atoms with Crippen molar-refractivity contribution < 1.29 is 9.84 Å². The molecule has 3 heteroatoms. The third-order valence-corrected chi connectivity index (χ3v) is 1.97. The number of rotatable bonds is 4. The van der Waals surface area contributed by atoms with Crippen LogP contribution in [0.15, 0.2) is 24.3 Å². The molecule has 0 fully saturated rings. The Kier molecular flexibility index (Phi) is 3.89. The van der Waals surface area contributed by atoms with Gasteiger partial charge < -0.3 is 15.6 Å². The van der Waals surface area contributed by atoms with Crippen LogP contribution >= 0.6 is 0 Å². The summed E-state index contributed by atoms with van der Waals surface area (Å²) in [5, 5.41) is 9.04. The van der Waals surface area contributed by atoms with E-state index < -0.39 is 0 Å². The Labute approximate surface area is 78.1 Å². The monoisotopic (exact) mass is 181 g/mol. The minimum absolute atomic E-state index is 0.0214. The molecule has 1 aromatic carbocycles. The van der Waals surface area contributed by atoms with Crippen LogP contribution in [0.1, 0.15) is 17.2 Å². The molecule has 0 heterocycles. The number of aliphatic hydroxyl groups is 1. The Hall–Kier alpha value is -0.900. The van der Waals surface area contributed by atoms with E-state index in [1.807, 2.05) is 24.3 Å². The van der Waals surface area contributed by atoms with Gasteiger partial charge in [0, 0.05) is 7.11 Å². The van der Waals surface area contributed by atoms with Crippen molar-refractivity contribution in [3.05, 3.63) is 35.4 Å². The predicted molar refractivity (Wildman–Crippen MR) is 51.2 cm³/mol. The van der Waals surface area contributed by atoms with Crippen molar-refractivity contribution in [3.8, 4) is 0 Å². The molecule has 0 aromatic heterocycles. The lowest BCUT2D eigenvalue weighted by Crippen LogP contribution is -2.17. The van der Waals surface area contributed by atoms with E-state index in [4.69, 9.17) is 15.6 Å². The molecule has 13 heavy (non-hydrogen) atoms. The Bertz CT molecular complexity index is 263. The lowest BCUT2D eigenvalue weighted by atomic mass is 10.0. The van der Waals surface area contributed by atoms with E-state index >= 15 is 0 Å². The van der Waals surface area contributed by atoms with Gasteiger partial charge in [0.1, 0.15) is 0 Å². The largest absolute Gasteiger partial charge is 0.392 e. The van der Waals surface area contributed by atoms with Crippen LogP contribution in [0.5, 0.6) is 0 Å². The molecule has 0 aliphatic rings. The molecular formula is C10H15NO2. The summed E-state index contributed by atoms with van der Waals surface area (Å²) < 4.78 is 4.95. The summed E-state index contributed by atoms with van der Waals surface area (Å²) in [6.07, 6.45) is 0. The van der Waals surface area contributed by atoms with Crippen LogP contribution in [0.2, 0.25) is 0 Å². The molecule has 0 spiro atoms. The minimum atomic E-state index is -0.159.